The molecule has 1 rings (SSSR count). The number of hydrogen-bond acceptors (Lipinski definition) is 5. The fourth-order valence-corrected chi connectivity index (χ4v) is 2.77. The highest BCUT2D eigenvalue weighted by Crippen LogP contribution is 2.19. The monoisotopic (exact) mass is 368 g/mol. The van der Waals surface area contributed by atoms with Crippen LogP contribution in [-0.4, -0.2) is 53.6 Å². The van der Waals surface area contributed by atoms with E-state index < -0.39 is 17.4 Å². The van der Waals surface area contributed by atoms with Gasteiger partial charge in [0.15, 0.2) is 0 Å². The minimum Gasteiger partial charge on any atom is -0.396 e. The predicted molar refractivity (Wildman–Crippen MR) is 100 cm³/mol. The van der Waals surface area contributed by atoms with Gasteiger partial charge in [0.05, 0.1) is 6.61 Å². The molecule has 2 amide bonds. The van der Waals surface area contributed by atoms with Crippen LogP contribution in [0.1, 0.15) is 25.8 Å². The van der Waals surface area contributed by atoms with Gasteiger partial charge >= 0.3 is 0 Å². The van der Waals surface area contributed by atoms with E-state index in [0.717, 1.165) is 11.5 Å². The van der Waals surface area contributed by atoms with Crippen LogP contribution in [0.4, 0.5) is 0 Å². The van der Waals surface area contributed by atoms with Crippen LogP contribution in [0.2, 0.25) is 0 Å². The Morgan fingerprint density at radius 3 is 2.48 bits per heavy atom. The normalized spacial score (nSPS) is 12.5. The van der Waals surface area contributed by atoms with Crippen LogP contribution in [0, 0.1) is 5.41 Å². The maximum atomic E-state index is 11.8. The van der Waals surface area contributed by atoms with Crippen molar-refractivity contribution < 1.29 is 19.8 Å². The van der Waals surface area contributed by atoms with E-state index >= 15 is 0 Å². The molecule has 25 heavy (non-hydrogen) atoms. The Bertz CT molecular complexity index is 537. The van der Waals surface area contributed by atoms with E-state index in [2.05, 4.69) is 22.8 Å². The third-order valence-corrected chi connectivity index (χ3v) is 4.76. The molecule has 0 saturated heterocycles. The lowest BCUT2D eigenvalue weighted by molar-refractivity contribution is -0.137. The highest BCUT2D eigenvalue weighted by molar-refractivity contribution is 7.98. The summed E-state index contributed by atoms with van der Waals surface area (Å²) in [6.07, 6.45) is -1.16. The largest absolute Gasteiger partial charge is 0.396 e. The van der Waals surface area contributed by atoms with E-state index in [1.54, 1.807) is 25.6 Å². The number of aliphatic hydroxyl groups excluding tert-OH is 2. The number of carbonyl (C=O) groups excluding carboxylic acids is 2. The first-order valence-electron chi connectivity index (χ1n) is 8.32. The van der Waals surface area contributed by atoms with E-state index in [1.807, 2.05) is 18.2 Å². The van der Waals surface area contributed by atoms with Crippen molar-refractivity contribution in [3.8, 4) is 0 Å². The Labute approximate surface area is 153 Å². The minimum atomic E-state index is -1.31. The maximum absolute atomic E-state index is 11.8. The fraction of sp³-hybridized carbons (Fsp3) is 0.556. The number of aliphatic hydroxyl groups is 2. The molecule has 6 nitrogen and oxygen atoms in total. The van der Waals surface area contributed by atoms with Crippen LogP contribution in [0.15, 0.2) is 30.3 Å². The molecule has 140 valence electrons. The topological polar surface area (TPSA) is 98.7 Å². The van der Waals surface area contributed by atoms with Gasteiger partial charge in [0.2, 0.25) is 11.8 Å². The zero-order valence-corrected chi connectivity index (χ0v) is 15.6. The van der Waals surface area contributed by atoms with Crippen molar-refractivity contribution >= 4 is 23.6 Å². The standard InChI is InChI=1S/C18H28N2O4S/c1-18(2,13-21)16(23)17(24)20-9-8-15(22)19-10-11-25-12-14-6-4-3-5-7-14/h3-7,16,21,23H,8-13H2,1-2H3,(H,19,22)(H,20,24)/t16-/m0/s1. The first-order chi connectivity index (χ1) is 11.9. The third-order valence-electron chi connectivity index (χ3n) is 3.73. The molecule has 0 saturated carbocycles. The molecule has 0 aliphatic heterocycles. The van der Waals surface area contributed by atoms with E-state index in [9.17, 15) is 14.7 Å². The SMILES string of the molecule is CC(C)(CO)[C@@H](O)C(=O)NCCC(=O)NCCSCc1ccccc1. The van der Waals surface area contributed by atoms with E-state index in [1.165, 1.54) is 5.56 Å². The summed E-state index contributed by atoms with van der Waals surface area (Å²) < 4.78 is 0. The lowest BCUT2D eigenvalue weighted by Crippen LogP contribution is -2.46. The number of nitrogens with one attached hydrogen (secondary N) is 2. The van der Waals surface area contributed by atoms with E-state index in [0.29, 0.717) is 6.54 Å². The van der Waals surface area contributed by atoms with Crippen LogP contribution in [0.25, 0.3) is 0 Å². The summed E-state index contributed by atoms with van der Waals surface area (Å²) in [5, 5.41) is 24.3. The number of thioether (sulfide) groups is 1. The zero-order valence-electron chi connectivity index (χ0n) is 14.8. The number of amides is 2. The summed E-state index contributed by atoms with van der Waals surface area (Å²) in [7, 11) is 0. The van der Waals surface area contributed by atoms with Crippen LogP contribution in [0.3, 0.4) is 0 Å². The highest BCUT2D eigenvalue weighted by atomic mass is 32.2. The van der Waals surface area contributed by atoms with Crippen molar-refractivity contribution in [3.05, 3.63) is 35.9 Å². The molecule has 0 spiro atoms. The lowest BCUT2D eigenvalue weighted by atomic mass is 9.87. The maximum Gasteiger partial charge on any atom is 0.249 e. The van der Waals surface area contributed by atoms with Gasteiger partial charge < -0.3 is 20.8 Å². The molecule has 1 aromatic carbocycles. The van der Waals surface area contributed by atoms with Gasteiger partial charge in [-0.05, 0) is 5.56 Å². The first kappa shape index (κ1) is 21.5. The average molecular weight is 368 g/mol. The second-order valence-electron chi connectivity index (χ2n) is 6.48. The average Bonchev–Trinajstić information content (AvgIpc) is 2.61. The Morgan fingerprint density at radius 1 is 1.16 bits per heavy atom. The van der Waals surface area contributed by atoms with Gasteiger partial charge in [-0.25, -0.2) is 0 Å². The second-order valence-corrected chi connectivity index (χ2v) is 7.58. The quantitative estimate of drug-likeness (QED) is 0.436. The second kappa shape index (κ2) is 11.1. The van der Waals surface area contributed by atoms with E-state index in [4.69, 9.17) is 5.11 Å². The number of rotatable bonds is 11. The minimum absolute atomic E-state index is 0.142. The molecule has 1 aromatic rings. The molecule has 0 aromatic heterocycles. The summed E-state index contributed by atoms with van der Waals surface area (Å²) in [5.41, 5.74) is 0.341. The van der Waals surface area contributed by atoms with Gasteiger partial charge in [0.1, 0.15) is 6.10 Å². The summed E-state index contributed by atoms with van der Waals surface area (Å²) in [6, 6.07) is 10.1. The van der Waals surface area contributed by atoms with Crippen molar-refractivity contribution in [2.75, 3.05) is 25.4 Å². The molecule has 7 heteroatoms. The predicted octanol–water partition coefficient (Wildman–Crippen LogP) is 0.922. The summed E-state index contributed by atoms with van der Waals surface area (Å²) in [6.45, 7) is 3.61. The molecule has 0 unspecified atom stereocenters. The van der Waals surface area contributed by atoms with Gasteiger partial charge in [0.25, 0.3) is 0 Å². The van der Waals surface area contributed by atoms with Crippen molar-refractivity contribution in [2.45, 2.75) is 32.1 Å². The molecule has 0 bridgehead atoms. The van der Waals surface area contributed by atoms with Gasteiger partial charge in [-0.3, -0.25) is 9.59 Å². The molecule has 0 aliphatic rings. The third kappa shape index (κ3) is 8.38. The van der Waals surface area contributed by atoms with Crippen molar-refractivity contribution in [1.29, 1.82) is 0 Å². The summed E-state index contributed by atoms with van der Waals surface area (Å²) in [4.78, 5) is 23.5. The number of carbonyl (C=O) groups is 2. The summed E-state index contributed by atoms with van der Waals surface area (Å²) >= 11 is 1.75. The first-order valence-corrected chi connectivity index (χ1v) is 9.47. The van der Waals surface area contributed by atoms with Crippen molar-refractivity contribution in [1.82, 2.24) is 10.6 Å². The molecular formula is C18H28N2O4S. The molecule has 1 atom stereocenters. The summed E-state index contributed by atoms with van der Waals surface area (Å²) in [5.74, 6) is 1.00. The molecule has 0 radical (unpaired) electrons. The van der Waals surface area contributed by atoms with Crippen LogP contribution in [-0.2, 0) is 15.3 Å². The molecule has 0 fully saturated rings. The number of benzene rings is 1. The zero-order chi connectivity index (χ0) is 18.7. The van der Waals surface area contributed by atoms with E-state index in [-0.39, 0.29) is 25.5 Å². The van der Waals surface area contributed by atoms with Gasteiger partial charge in [-0.2, -0.15) is 11.8 Å². The smallest absolute Gasteiger partial charge is 0.249 e. The van der Waals surface area contributed by atoms with Crippen LogP contribution in [0.5, 0.6) is 0 Å². The molecular weight excluding hydrogens is 340 g/mol. The molecule has 0 aliphatic carbocycles. The fourth-order valence-electron chi connectivity index (χ4n) is 1.95. The van der Waals surface area contributed by atoms with Crippen molar-refractivity contribution in [2.24, 2.45) is 5.41 Å². The Hall–Kier alpha value is -1.57. The van der Waals surface area contributed by atoms with Crippen LogP contribution >= 0.6 is 11.8 Å². The lowest BCUT2D eigenvalue weighted by Gasteiger charge is -2.27. The molecule has 0 heterocycles. The van der Waals surface area contributed by atoms with Gasteiger partial charge in [-0.15, -0.1) is 0 Å². The van der Waals surface area contributed by atoms with Crippen molar-refractivity contribution in [3.63, 3.8) is 0 Å². The molecule has 4 N–H and O–H groups in total. The number of hydrogen-bond donors (Lipinski definition) is 4. The Kier molecular flexibility index (Phi) is 9.55. The van der Waals surface area contributed by atoms with Gasteiger partial charge in [0, 0.05) is 36.4 Å². The Balaban J connectivity index is 2.10. The Morgan fingerprint density at radius 2 is 1.84 bits per heavy atom. The highest BCUT2D eigenvalue weighted by Gasteiger charge is 2.32. The van der Waals surface area contributed by atoms with Crippen LogP contribution < -0.4 is 10.6 Å². The van der Waals surface area contributed by atoms with Gasteiger partial charge in [-0.1, -0.05) is 44.2 Å².